The minimum absolute atomic E-state index is 0.0435. The predicted octanol–water partition coefficient (Wildman–Crippen LogP) is 4.21. The lowest BCUT2D eigenvalue weighted by Crippen LogP contribution is -2.31. The van der Waals surface area contributed by atoms with Gasteiger partial charge in [-0.25, -0.2) is 4.98 Å². The molecule has 1 rings (SSSR count). The molecule has 0 aliphatic heterocycles. The zero-order valence-electron chi connectivity index (χ0n) is 10.5. The number of alkyl halides is 3. The average Bonchev–Trinajstić information content (AvgIpc) is 2.25. The molecule has 0 unspecified atom stereocenters. The van der Waals surface area contributed by atoms with Gasteiger partial charge in [-0.05, 0) is 12.5 Å². The molecule has 0 spiro atoms. The van der Waals surface area contributed by atoms with E-state index in [0.29, 0.717) is 12.4 Å². The van der Waals surface area contributed by atoms with Gasteiger partial charge in [0.25, 0.3) is 0 Å². The Bertz CT molecular complexity index is 438. The molecule has 19 heavy (non-hydrogen) atoms. The Morgan fingerprint density at radius 2 is 1.95 bits per heavy atom. The maximum absolute atomic E-state index is 12.4. The zero-order valence-corrected chi connectivity index (χ0v) is 12.0. The van der Waals surface area contributed by atoms with Gasteiger partial charge in [0.1, 0.15) is 18.2 Å². The van der Waals surface area contributed by atoms with Gasteiger partial charge in [0.2, 0.25) is 0 Å². The Morgan fingerprint density at radius 3 is 2.47 bits per heavy atom. The van der Waals surface area contributed by atoms with E-state index in [4.69, 9.17) is 23.2 Å². The lowest BCUT2D eigenvalue weighted by Gasteiger charge is -2.22. The van der Waals surface area contributed by atoms with E-state index in [1.54, 1.807) is 0 Å². The molecule has 1 aromatic heterocycles. The van der Waals surface area contributed by atoms with Crippen LogP contribution in [0.4, 0.5) is 24.8 Å². The fourth-order valence-electron chi connectivity index (χ4n) is 1.44. The average molecular weight is 316 g/mol. The number of aromatic nitrogens is 1. The third kappa shape index (κ3) is 4.95. The summed E-state index contributed by atoms with van der Waals surface area (Å²) in [6.07, 6.45) is -3.48. The van der Waals surface area contributed by atoms with E-state index >= 15 is 0 Å². The highest BCUT2D eigenvalue weighted by atomic mass is 35.5. The summed E-state index contributed by atoms with van der Waals surface area (Å²) in [5.74, 6) is 0.374. The molecule has 1 heterocycles. The summed E-state index contributed by atoms with van der Waals surface area (Å²) in [5.41, 5.74) is 0. The summed E-state index contributed by atoms with van der Waals surface area (Å²) in [7, 11) is 1.28. The lowest BCUT2D eigenvalue weighted by molar-refractivity contribution is -0.119. The molecule has 0 bridgehead atoms. The van der Waals surface area contributed by atoms with Crippen molar-refractivity contribution < 1.29 is 13.2 Å². The van der Waals surface area contributed by atoms with Crippen LogP contribution in [-0.2, 0) is 0 Å². The van der Waals surface area contributed by atoms with E-state index in [0.717, 1.165) is 11.3 Å². The number of rotatable bonds is 5. The van der Waals surface area contributed by atoms with Gasteiger partial charge in [-0.3, -0.25) is 0 Å². The molecule has 0 saturated heterocycles. The molecular formula is C11H14Cl2F3N3. The first kappa shape index (κ1) is 16.2. The van der Waals surface area contributed by atoms with Crippen LogP contribution in [0.1, 0.15) is 13.3 Å². The number of anilines is 2. The Morgan fingerprint density at radius 1 is 1.32 bits per heavy atom. The van der Waals surface area contributed by atoms with Gasteiger partial charge in [0, 0.05) is 13.6 Å². The summed E-state index contributed by atoms with van der Waals surface area (Å²) in [6, 6.07) is 1.39. The Labute approximate surface area is 119 Å². The van der Waals surface area contributed by atoms with Crippen LogP contribution in [0, 0.1) is 0 Å². The molecule has 0 aliphatic carbocycles. The van der Waals surface area contributed by atoms with Crippen molar-refractivity contribution in [3.8, 4) is 0 Å². The summed E-state index contributed by atoms with van der Waals surface area (Å²) < 4.78 is 37.1. The third-order valence-corrected chi connectivity index (χ3v) is 2.80. The second kappa shape index (κ2) is 6.52. The number of pyridine rings is 1. The van der Waals surface area contributed by atoms with Crippen LogP contribution in [0.5, 0.6) is 0 Å². The van der Waals surface area contributed by atoms with Gasteiger partial charge < -0.3 is 10.2 Å². The number of halogens is 5. The molecule has 0 aliphatic rings. The number of nitrogens with one attached hydrogen (secondary N) is 1. The van der Waals surface area contributed by atoms with Crippen LogP contribution in [-0.4, -0.2) is 31.3 Å². The maximum atomic E-state index is 12.4. The van der Waals surface area contributed by atoms with Gasteiger partial charge >= 0.3 is 6.18 Å². The van der Waals surface area contributed by atoms with Gasteiger partial charge in [-0.15, -0.1) is 0 Å². The van der Waals surface area contributed by atoms with Gasteiger partial charge in [0.05, 0.1) is 10.0 Å². The van der Waals surface area contributed by atoms with E-state index in [1.165, 1.54) is 13.1 Å². The number of nitrogens with zero attached hydrogens (tertiary/aromatic N) is 2. The minimum Gasteiger partial charge on any atom is -0.369 e. The van der Waals surface area contributed by atoms with Crippen molar-refractivity contribution in [2.45, 2.75) is 19.5 Å². The van der Waals surface area contributed by atoms with Crippen LogP contribution in [0.25, 0.3) is 0 Å². The highest BCUT2D eigenvalue weighted by Gasteiger charge is 2.30. The van der Waals surface area contributed by atoms with Crippen molar-refractivity contribution in [1.82, 2.24) is 4.98 Å². The molecule has 0 amide bonds. The van der Waals surface area contributed by atoms with Crippen LogP contribution < -0.4 is 10.2 Å². The van der Waals surface area contributed by atoms with Gasteiger partial charge in [0.15, 0.2) is 0 Å². The summed E-state index contributed by atoms with van der Waals surface area (Å²) in [6.45, 7) is 1.44. The molecule has 0 saturated carbocycles. The lowest BCUT2D eigenvalue weighted by atomic mass is 10.4. The Balaban J connectivity index is 2.99. The van der Waals surface area contributed by atoms with E-state index in [1.807, 2.05) is 6.92 Å². The fraction of sp³-hybridized carbons (Fsp3) is 0.545. The molecule has 8 heteroatoms. The van der Waals surface area contributed by atoms with Crippen molar-refractivity contribution in [2.24, 2.45) is 0 Å². The smallest absolute Gasteiger partial charge is 0.369 e. The van der Waals surface area contributed by atoms with Gasteiger partial charge in [-0.1, -0.05) is 30.1 Å². The minimum atomic E-state index is -4.32. The second-order valence-electron chi connectivity index (χ2n) is 4.02. The Hall–Kier alpha value is -0.880. The summed E-state index contributed by atoms with van der Waals surface area (Å²) >= 11 is 11.8. The van der Waals surface area contributed by atoms with Gasteiger partial charge in [-0.2, -0.15) is 13.2 Å². The Kier molecular flexibility index (Phi) is 5.55. The molecule has 1 N–H and O–H groups in total. The van der Waals surface area contributed by atoms with Crippen LogP contribution in [0.3, 0.4) is 0 Å². The molecule has 1 aromatic rings. The van der Waals surface area contributed by atoms with Crippen LogP contribution in [0.2, 0.25) is 10.0 Å². The molecule has 3 nitrogen and oxygen atoms in total. The standard InChI is InChI=1S/C11H14Cl2F3N3/c1-3-4-17-9-7(12)5-8(13)10(18-9)19(2)6-11(14,15)16/h5H,3-4,6H2,1-2H3,(H,17,18). The highest BCUT2D eigenvalue weighted by Crippen LogP contribution is 2.32. The number of hydrogen-bond acceptors (Lipinski definition) is 3. The largest absolute Gasteiger partial charge is 0.405 e. The molecule has 0 atom stereocenters. The molecule has 0 fully saturated rings. The molecule has 0 radical (unpaired) electrons. The zero-order chi connectivity index (χ0) is 14.6. The third-order valence-electron chi connectivity index (χ3n) is 2.23. The van der Waals surface area contributed by atoms with E-state index in [2.05, 4.69) is 10.3 Å². The monoisotopic (exact) mass is 315 g/mol. The quantitative estimate of drug-likeness (QED) is 0.882. The number of hydrogen-bond donors (Lipinski definition) is 1. The van der Waals surface area contributed by atoms with Crippen LogP contribution in [0.15, 0.2) is 6.07 Å². The van der Waals surface area contributed by atoms with Crippen molar-refractivity contribution in [2.75, 3.05) is 30.4 Å². The summed E-state index contributed by atoms with van der Waals surface area (Å²) in [4.78, 5) is 4.98. The molecule has 108 valence electrons. The normalized spacial score (nSPS) is 11.5. The van der Waals surface area contributed by atoms with E-state index in [-0.39, 0.29) is 15.9 Å². The summed E-state index contributed by atoms with van der Waals surface area (Å²) in [5, 5.41) is 3.30. The molecular weight excluding hydrogens is 302 g/mol. The van der Waals surface area contributed by atoms with E-state index in [9.17, 15) is 13.2 Å². The predicted molar refractivity (Wildman–Crippen MR) is 72.4 cm³/mol. The maximum Gasteiger partial charge on any atom is 0.405 e. The van der Waals surface area contributed by atoms with Crippen LogP contribution >= 0.6 is 23.2 Å². The first-order valence-electron chi connectivity index (χ1n) is 5.62. The van der Waals surface area contributed by atoms with E-state index < -0.39 is 12.7 Å². The highest BCUT2D eigenvalue weighted by molar-refractivity contribution is 6.37. The topological polar surface area (TPSA) is 28.2 Å². The SMILES string of the molecule is CCCNc1nc(N(C)CC(F)(F)F)c(Cl)cc1Cl. The first-order valence-corrected chi connectivity index (χ1v) is 6.38. The van der Waals surface area contributed by atoms with Crippen molar-refractivity contribution in [3.05, 3.63) is 16.1 Å². The van der Waals surface area contributed by atoms with Crippen molar-refractivity contribution >= 4 is 34.8 Å². The second-order valence-corrected chi connectivity index (χ2v) is 4.84. The molecule has 0 aromatic carbocycles. The first-order chi connectivity index (χ1) is 8.74. The van der Waals surface area contributed by atoms with Crippen molar-refractivity contribution in [1.29, 1.82) is 0 Å². The fourth-order valence-corrected chi connectivity index (χ4v) is 2.01. The van der Waals surface area contributed by atoms with Crippen molar-refractivity contribution in [3.63, 3.8) is 0 Å².